The number of furan rings is 1. The van der Waals surface area contributed by atoms with Crippen molar-refractivity contribution in [3.8, 4) is 73.6 Å². The number of benzene rings is 10. The Hall–Kier alpha value is -8.72. The number of hydrogen-bond acceptors (Lipinski definition) is 5. The molecule has 0 unspecified atom stereocenters. The number of hydrogen-bond donors (Lipinski definition) is 0. The fraction of sp³-hybridized carbons (Fsp3) is 0. The molecule has 0 bridgehead atoms. The van der Waals surface area contributed by atoms with Gasteiger partial charge >= 0.3 is 0 Å². The Labute approximate surface area is 362 Å². The predicted octanol–water partition coefficient (Wildman–Crippen LogP) is 15.1. The fourth-order valence-electron chi connectivity index (χ4n) is 9.14. The average molecular weight is 803 g/mol. The Balaban J connectivity index is 1.02. The largest absolute Gasteiger partial charge is 0.456 e. The minimum atomic E-state index is 0.538. The van der Waals surface area contributed by atoms with E-state index in [1.807, 2.05) is 66.7 Å². The zero-order valence-corrected chi connectivity index (χ0v) is 33.8. The van der Waals surface area contributed by atoms with Gasteiger partial charge in [0.2, 0.25) is 0 Å². The highest BCUT2D eigenvalue weighted by molar-refractivity contribution is 6.25. The van der Waals surface area contributed by atoms with E-state index in [0.29, 0.717) is 23.0 Å². The Morgan fingerprint density at radius 3 is 1.54 bits per heavy atom. The fourth-order valence-corrected chi connectivity index (χ4v) is 9.14. The molecule has 0 aliphatic carbocycles. The predicted molar refractivity (Wildman–Crippen MR) is 257 cm³/mol. The van der Waals surface area contributed by atoms with Gasteiger partial charge in [-0.1, -0.05) is 170 Å². The van der Waals surface area contributed by atoms with Crippen molar-refractivity contribution in [3.63, 3.8) is 0 Å². The van der Waals surface area contributed by atoms with Crippen LogP contribution in [0, 0.1) is 11.3 Å². The summed E-state index contributed by atoms with van der Waals surface area (Å²) in [4.78, 5) is 15.5. The summed E-state index contributed by atoms with van der Waals surface area (Å²) in [5, 5.41) is 19.0. The molecule has 292 valence electrons. The maximum atomic E-state index is 9.81. The third kappa shape index (κ3) is 6.20. The molecule has 12 rings (SSSR count). The molecule has 5 nitrogen and oxygen atoms in total. The maximum absolute atomic E-state index is 9.81. The lowest BCUT2D eigenvalue weighted by Gasteiger charge is -2.13. The Morgan fingerprint density at radius 1 is 0.317 bits per heavy atom. The van der Waals surface area contributed by atoms with Crippen LogP contribution in [0.4, 0.5) is 0 Å². The molecule has 0 aliphatic heterocycles. The van der Waals surface area contributed by atoms with Crippen molar-refractivity contribution in [1.82, 2.24) is 15.0 Å². The second kappa shape index (κ2) is 14.8. The normalized spacial score (nSPS) is 11.5. The first-order chi connectivity index (χ1) is 31.2. The summed E-state index contributed by atoms with van der Waals surface area (Å²) < 4.78 is 6.63. The lowest BCUT2D eigenvalue weighted by Crippen LogP contribution is -2.00. The van der Waals surface area contributed by atoms with Crippen molar-refractivity contribution in [2.75, 3.05) is 0 Å². The molecule has 2 heterocycles. The van der Waals surface area contributed by atoms with Gasteiger partial charge in [-0.05, 0) is 102 Å². The van der Waals surface area contributed by atoms with E-state index in [-0.39, 0.29) is 0 Å². The Kier molecular flexibility index (Phi) is 8.48. The van der Waals surface area contributed by atoms with Crippen molar-refractivity contribution >= 4 is 54.3 Å². The first-order valence-electron chi connectivity index (χ1n) is 21.0. The third-order valence-corrected chi connectivity index (χ3v) is 12.2. The van der Waals surface area contributed by atoms with Gasteiger partial charge in [-0.15, -0.1) is 0 Å². The van der Waals surface area contributed by atoms with Crippen LogP contribution in [-0.4, -0.2) is 15.0 Å². The van der Waals surface area contributed by atoms with E-state index < -0.39 is 0 Å². The summed E-state index contributed by atoms with van der Waals surface area (Å²) in [6, 6.07) is 73.4. The summed E-state index contributed by atoms with van der Waals surface area (Å²) >= 11 is 0. The van der Waals surface area contributed by atoms with Crippen LogP contribution >= 0.6 is 0 Å². The third-order valence-electron chi connectivity index (χ3n) is 12.2. The van der Waals surface area contributed by atoms with Crippen LogP contribution in [0.3, 0.4) is 0 Å². The van der Waals surface area contributed by atoms with Crippen molar-refractivity contribution in [1.29, 1.82) is 5.26 Å². The summed E-state index contributed by atoms with van der Waals surface area (Å²) in [5.74, 6) is 1.65. The molecule has 0 atom stereocenters. The minimum absolute atomic E-state index is 0.538. The second-order valence-corrected chi connectivity index (χ2v) is 15.8. The average Bonchev–Trinajstić information content (AvgIpc) is 3.75. The smallest absolute Gasteiger partial charge is 0.164 e. The molecule has 0 radical (unpaired) electrons. The molecule has 12 aromatic rings. The molecule has 0 saturated carbocycles. The van der Waals surface area contributed by atoms with Gasteiger partial charge < -0.3 is 4.42 Å². The van der Waals surface area contributed by atoms with E-state index in [0.717, 1.165) is 71.8 Å². The van der Waals surface area contributed by atoms with E-state index in [2.05, 4.69) is 146 Å². The van der Waals surface area contributed by atoms with Crippen molar-refractivity contribution in [2.45, 2.75) is 0 Å². The molecule has 2 aromatic heterocycles. The lowest BCUT2D eigenvalue weighted by atomic mass is 9.93. The van der Waals surface area contributed by atoms with Gasteiger partial charge in [0, 0.05) is 27.5 Å². The summed E-state index contributed by atoms with van der Waals surface area (Å²) in [5.41, 5.74) is 11.1. The second-order valence-electron chi connectivity index (χ2n) is 15.8. The quantitative estimate of drug-likeness (QED) is 0.157. The Bertz CT molecular complexity index is 3770. The van der Waals surface area contributed by atoms with Gasteiger partial charge in [0.25, 0.3) is 0 Å². The van der Waals surface area contributed by atoms with Gasteiger partial charge in [-0.25, -0.2) is 15.0 Å². The van der Waals surface area contributed by atoms with Gasteiger partial charge in [-0.3, -0.25) is 0 Å². The zero-order valence-electron chi connectivity index (χ0n) is 33.8. The molecule has 0 amide bonds. The molecule has 0 saturated heterocycles. The SMILES string of the molecule is N#Cc1ccccc1-c1ccc(-c2nc(-c3ccc4c(c3)oc3cccc(-c5cccc(-c6ccccc6)c5)c34)nc(-c3ccc4c5ccccc5c5ccccc5c4c3)n2)cc1. The lowest BCUT2D eigenvalue weighted by molar-refractivity contribution is 0.669. The monoisotopic (exact) mass is 802 g/mol. The summed E-state index contributed by atoms with van der Waals surface area (Å²) in [7, 11) is 0. The zero-order chi connectivity index (χ0) is 41.9. The number of fused-ring (bicyclic) bond motifs is 9. The van der Waals surface area contributed by atoms with Crippen LogP contribution in [0.15, 0.2) is 211 Å². The van der Waals surface area contributed by atoms with Crippen LogP contribution in [0.5, 0.6) is 0 Å². The van der Waals surface area contributed by atoms with Crippen LogP contribution in [0.25, 0.3) is 122 Å². The highest BCUT2D eigenvalue weighted by Crippen LogP contribution is 2.41. The molecule has 10 aromatic carbocycles. The molecule has 5 heteroatoms. The topological polar surface area (TPSA) is 75.6 Å². The number of rotatable bonds is 6. The summed E-state index contributed by atoms with van der Waals surface area (Å²) in [6.07, 6.45) is 0. The standard InChI is InChI=1S/C58H34N4O/c59-35-43-14-4-5-17-44(43)37-24-26-38(27-25-37)56-60-57(41-28-30-50-48-20-7-6-18-46(48)47-19-8-9-21-49(47)52(50)33-41)62-58(61-56)42-29-31-51-54(34-42)63-53-23-11-22-45(55(51)53)40-16-10-15-39(32-40)36-12-2-1-3-13-36/h1-34H. The van der Waals surface area contributed by atoms with Crippen molar-refractivity contribution in [3.05, 3.63) is 212 Å². The van der Waals surface area contributed by atoms with E-state index in [1.165, 1.54) is 32.5 Å². The van der Waals surface area contributed by atoms with Gasteiger partial charge in [0.1, 0.15) is 11.2 Å². The van der Waals surface area contributed by atoms with E-state index in [4.69, 9.17) is 19.4 Å². The van der Waals surface area contributed by atoms with Gasteiger partial charge in [0.05, 0.1) is 11.6 Å². The molecular weight excluding hydrogens is 769 g/mol. The molecule has 63 heavy (non-hydrogen) atoms. The number of nitriles is 1. The van der Waals surface area contributed by atoms with Gasteiger partial charge in [-0.2, -0.15) is 5.26 Å². The molecule has 0 fully saturated rings. The highest BCUT2D eigenvalue weighted by Gasteiger charge is 2.18. The summed E-state index contributed by atoms with van der Waals surface area (Å²) in [6.45, 7) is 0. The van der Waals surface area contributed by atoms with E-state index >= 15 is 0 Å². The minimum Gasteiger partial charge on any atom is -0.456 e. The molecule has 0 N–H and O–H groups in total. The van der Waals surface area contributed by atoms with Crippen LogP contribution in [0.1, 0.15) is 5.56 Å². The van der Waals surface area contributed by atoms with Crippen LogP contribution < -0.4 is 0 Å². The van der Waals surface area contributed by atoms with E-state index in [9.17, 15) is 5.26 Å². The first kappa shape index (κ1) is 36.2. The van der Waals surface area contributed by atoms with Crippen LogP contribution in [-0.2, 0) is 0 Å². The molecule has 0 spiro atoms. The highest BCUT2D eigenvalue weighted by atomic mass is 16.3. The van der Waals surface area contributed by atoms with Gasteiger partial charge in [0.15, 0.2) is 17.5 Å². The van der Waals surface area contributed by atoms with Crippen molar-refractivity contribution in [2.24, 2.45) is 0 Å². The molecule has 0 aliphatic rings. The Morgan fingerprint density at radius 2 is 0.825 bits per heavy atom. The van der Waals surface area contributed by atoms with E-state index in [1.54, 1.807) is 0 Å². The maximum Gasteiger partial charge on any atom is 0.164 e. The number of aromatic nitrogens is 3. The first-order valence-corrected chi connectivity index (χ1v) is 21.0. The van der Waals surface area contributed by atoms with Crippen LogP contribution in [0.2, 0.25) is 0 Å². The molecular formula is C58H34N4O. The van der Waals surface area contributed by atoms with Crippen molar-refractivity contribution < 1.29 is 4.42 Å². The number of nitrogens with zero attached hydrogens (tertiary/aromatic N) is 4.